The van der Waals surface area contributed by atoms with E-state index >= 15 is 0 Å². The van der Waals surface area contributed by atoms with E-state index in [1.54, 1.807) is 12.1 Å². The number of furan rings is 1. The molecule has 1 fully saturated rings. The van der Waals surface area contributed by atoms with E-state index in [-0.39, 0.29) is 23.7 Å². The fourth-order valence-electron chi connectivity index (χ4n) is 4.59. The predicted molar refractivity (Wildman–Crippen MR) is 141 cm³/mol. The maximum atomic E-state index is 12.4. The molecule has 1 aliphatic heterocycles. The van der Waals surface area contributed by atoms with Crippen LogP contribution in [0, 0.1) is 6.92 Å². The lowest BCUT2D eigenvalue weighted by molar-refractivity contribution is -0.312. The Balaban J connectivity index is 1.38. The molecule has 3 aromatic heterocycles. The summed E-state index contributed by atoms with van der Waals surface area (Å²) >= 11 is 0. The van der Waals surface area contributed by atoms with Crippen LogP contribution in [0.3, 0.4) is 0 Å². The van der Waals surface area contributed by atoms with E-state index in [1.807, 2.05) is 0 Å². The van der Waals surface area contributed by atoms with Crippen molar-refractivity contribution in [3.05, 3.63) is 69.3 Å². The largest absolute Gasteiger partial charge is 0.489 e. The van der Waals surface area contributed by atoms with E-state index in [2.05, 4.69) is 0 Å². The second-order valence-corrected chi connectivity index (χ2v) is 10.2. The van der Waals surface area contributed by atoms with Gasteiger partial charge in [0, 0.05) is 18.2 Å². The number of aliphatic hydroxyl groups is 4. The number of hydrogen-bond donors (Lipinski definition) is 4. The zero-order chi connectivity index (χ0) is 29.5. The van der Waals surface area contributed by atoms with Crippen LogP contribution >= 0.6 is 0 Å². The first-order chi connectivity index (χ1) is 19.5. The summed E-state index contributed by atoms with van der Waals surface area (Å²) in [7, 11) is 0. The van der Waals surface area contributed by atoms with Crippen LogP contribution in [-0.4, -0.2) is 76.1 Å². The maximum absolute atomic E-state index is 12.4. The molecule has 4 N–H and O–H groups in total. The molecule has 6 atom stereocenters. The third-order valence-electron chi connectivity index (χ3n) is 7.00. The predicted octanol–water partition coefficient (Wildman–Crippen LogP) is 1.22. The molecule has 1 aliphatic rings. The Bertz CT molecular complexity index is 1630. The van der Waals surface area contributed by atoms with Crippen molar-refractivity contribution >= 4 is 21.9 Å². The normalized spacial score (nSPS) is 24.0. The highest BCUT2D eigenvalue weighted by atomic mass is 16.7. The molecular weight excluding hydrogens is 544 g/mol. The first-order valence-electron chi connectivity index (χ1n) is 12.8. The van der Waals surface area contributed by atoms with Gasteiger partial charge < -0.3 is 52.6 Å². The number of benzene rings is 1. The number of aliphatic hydroxyl groups excluding tert-OH is 4. The van der Waals surface area contributed by atoms with Crippen molar-refractivity contribution in [1.82, 2.24) is 0 Å². The summed E-state index contributed by atoms with van der Waals surface area (Å²) in [5.41, 5.74) is -1.90. The van der Waals surface area contributed by atoms with Crippen LogP contribution in [0.15, 0.2) is 65.7 Å². The zero-order valence-corrected chi connectivity index (χ0v) is 22.4. The minimum absolute atomic E-state index is 0.130. The molecule has 0 radical (unpaired) electrons. The molecule has 1 saturated heterocycles. The van der Waals surface area contributed by atoms with Crippen LogP contribution in [-0.2, 0) is 9.47 Å². The molecule has 4 heterocycles. The molecule has 4 aromatic rings. The Labute approximate surface area is 232 Å². The lowest BCUT2D eigenvalue weighted by atomic mass is 9.96. The summed E-state index contributed by atoms with van der Waals surface area (Å²) in [6.45, 7) is 3.56. The molecular formula is C28H30O13. The van der Waals surface area contributed by atoms with Gasteiger partial charge in [0.1, 0.15) is 59.8 Å². The zero-order valence-electron chi connectivity index (χ0n) is 22.4. The summed E-state index contributed by atoms with van der Waals surface area (Å²) in [6, 6.07) is 7.15. The van der Waals surface area contributed by atoms with Gasteiger partial charge in [-0.2, -0.15) is 0 Å². The van der Waals surface area contributed by atoms with Crippen molar-refractivity contribution in [2.75, 3.05) is 13.2 Å². The quantitative estimate of drug-likeness (QED) is 0.209. The lowest BCUT2D eigenvalue weighted by Gasteiger charge is -2.45. The maximum Gasteiger partial charge on any atom is 0.336 e. The average molecular weight is 575 g/mol. The number of ether oxygens (including phenoxy) is 4. The van der Waals surface area contributed by atoms with E-state index in [0.717, 1.165) is 6.07 Å². The van der Waals surface area contributed by atoms with E-state index in [4.69, 9.17) is 32.2 Å². The molecule has 13 heteroatoms. The van der Waals surface area contributed by atoms with Crippen molar-refractivity contribution < 1.29 is 52.6 Å². The van der Waals surface area contributed by atoms with Gasteiger partial charge in [-0.05, 0) is 32.9 Å². The van der Waals surface area contributed by atoms with Crippen LogP contribution in [0.1, 0.15) is 19.6 Å². The van der Waals surface area contributed by atoms with Crippen LogP contribution < -0.4 is 20.5 Å². The summed E-state index contributed by atoms with van der Waals surface area (Å²) in [5, 5.41) is 43.3. The van der Waals surface area contributed by atoms with Crippen LogP contribution in [0.25, 0.3) is 21.9 Å². The van der Waals surface area contributed by atoms with Gasteiger partial charge in [-0.25, -0.2) is 4.79 Å². The van der Waals surface area contributed by atoms with Gasteiger partial charge in [0.05, 0.1) is 35.5 Å². The Morgan fingerprint density at radius 3 is 2.44 bits per heavy atom. The highest BCUT2D eigenvalue weighted by molar-refractivity contribution is 6.01. The van der Waals surface area contributed by atoms with Gasteiger partial charge in [-0.1, -0.05) is 0 Å². The van der Waals surface area contributed by atoms with Gasteiger partial charge >= 0.3 is 5.63 Å². The summed E-state index contributed by atoms with van der Waals surface area (Å²) in [5.74, 6) is 0.226. The first kappa shape index (κ1) is 28.8. The second kappa shape index (κ2) is 11.3. The van der Waals surface area contributed by atoms with Crippen molar-refractivity contribution in [3.63, 3.8) is 0 Å². The molecule has 0 aliphatic carbocycles. The molecule has 0 unspecified atom stereocenters. The molecule has 1 aromatic carbocycles. The minimum Gasteiger partial charge on any atom is -0.489 e. The number of aryl methyl sites for hydroxylation is 1. The molecule has 0 amide bonds. The van der Waals surface area contributed by atoms with E-state index < -0.39 is 60.1 Å². The van der Waals surface area contributed by atoms with Crippen molar-refractivity contribution in [2.45, 2.75) is 63.2 Å². The Morgan fingerprint density at radius 1 is 0.976 bits per heavy atom. The fourth-order valence-corrected chi connectivity index (χ4v) is 4.59. The SMILES string of the molecule is Cc1occc(=O)c1O[C@@H]1O[C@H](CO)[C@@H](O)[C@H](O)[C@H]1OC(C)(C)[C@H](O)COc1c2ccoc2cc2oc(=O)ccc12. The van der Waals surface area contributed by atoms with Gasteiger partial charge in [0.25, 0.3) is 0 Å². The van der Waals surface area contributed by atoms with Gasteiger partial charge in [-0.3, -0.25) is 4.79 Å². The highest BCUT2D eigenvalue weighted by Gasteiger charge is 2.49. The Hall–Kier alpha value is -3.72. The first-order valence-corrected chi connectivity index (χ1v) is 12.8. The van der Waals surface area contributed by atoms with E-state index in [0.29, 0.717) is 22.1 Å². The van der Waals surface area contributed by atoms with Gasteiger partial charge in [0.15, 0.2) is 0 Å². The van der Waals surface area contributed by atoms with E-state index in [1.165, 1.54) is 45.4 Å². The number of hydrogen-bond acceptors (Lipinski definition) is 13. The number of fused-ring (bicyclic) bond motifs is 2. The topological polar surface area (TPSA) is 191 Å². The average Bonchev–Trinajstić information content (AvgIpc) is 3.40. The smallest absolute Gasteiger partial charge is 0.336 e. The monoisotopic (exact) mass is 574 g/mol. The third kappa shape index (κ3) is 5.60. The Kier molecular flexibility index (Phi) is 7.92. The van der Waals surface area contributed by atoms with Crippen LogP contribution in [0.5, 0.6) is 11.5 Å². The van der Waals surface area contributed by atoms with Gasteiger partial charge in [0.2, 0.25) is 17.5 Å². The minimum atomic E-state index is -1.64. The molecule has 220 valence electrons. The van der Waals surface area contributed by atoms with Crippen LogP contribution in [0.2, 0.25) is 0 Å². The van der Waals surface area contributed by atoms with Crippen LogP contribution in [0.4, 0.5) is 0 Å². The Morgan fingerprint density at radius 2 is 1.71 bits per heavy atom. The summed E-state index contributed by atoms with van der Waals surface area (Å²) in [6.07, 6.45) is -6.05. The molecule has 0 bridgehead atoms. The van der Waals surface area contributed by atoms with E-state index in [9.17, 15) is 30.0 Å². The summed E-state index contributed by atoms with van der Waals surface area (Å²) in [4.78, 5) is 24.1. The number of rotatable bonds is 9. The molecule has 0 saturated carbocycles. The highest BCUT2D eigenvalue weighted by Crippen LogP contribution is 2.36. The lowest BCUT2D eigenvalue weighted by Crippen LogP contribution is -2.63. The second-order valence-electron chi connectivity index (χ2n) is 10.2. The summed E-state index contributed by atoms with van der Waals surface area (Å²) < 4.78 is 39.4. The molecule has 13 nitrogen and oxygen atoms in total. The fraction of sp³-hybridized carbons (Fsp3) is 0.429. The molecule has 41 heavy (non-hydrogen) atoms. The van der Waals surface area contributed by atoms with Crippen molar-refractivity contribution in [2.24, 2.45) is 0 Å². The van der Waals surface area contributed by atoms with Crippen molar-refractivity contribution in [3.8, 4) is 11.5 Å². The molecule has 0 spiro atoms. The van der Waals surface area contributed by atoms with Gasteiger partial charge in [-0.15, -0.1) is 0 Å². The standard InChI is InChI=1S/C28H30O13/c1-13-24(16(30)7-9-35-13)40-27-26(23(34)22(33)19(11-29)39-27)41-28(2,3)20(31)12-37-25-14-4-5-21(32)38-18(14)10-17-15(25)6-8-36-17/h4-10,19-20,22-23,26-27,29,31,33-34H,11-12H2,1-3H3/t19-,20-,22-,23+,26-,27+/m1/s1. The third-order valence-corrected chi connectivity index (χ3v) is 7.00. The molecule has 5 rings (SSSR count). The van der Waals surface area contributed by atoms with Crippen molar-refractivity contribution in [1.29, 1.82) is 0 Å².